The highest BCUT2D eigenvalue weighted by Crippen LogP contribution is 2.29. The molecule has 0 saturated carbocycles. The number of carbonyl (C=O) groups excluding carboxylic acids is 1. The molecule has 0 aliphatic heterocycles. The van der Waals surface area contributed by atoms with Crippen LogP contribution in [0.4, 0.5) is 4.39 Å². The molecule has 0 aliphatic rings. The molecule has 1 aromatic heterocycles. The minimum Gasteiger partial charge on any atom is -0.477 e. The van der Waals surface area contributed by atoms with E-state index in [2.05, 4.69) is 5.10 Å². The second-order valence-electron chi connectivity index (χ2n) is 4.97. The van der Waals surface area contributed by atoms with Crippen LogP contribution in [0.2, 0.25) is 5.02 Å². The smallest absolute Gasteiger partial charge is 0.351 e. The number of rotatable bonds is 5. The standard InChI is InChI=1S/C15H15ClFN3O5/c1-4-24-14(22)8(2)25-12-6-11(10(17)5-9(12)16)20-13(21)7-18-19(3)15(20)23/h5-8H,4H2,1-3H3/t8-/m0/s1. The van der Waals surface area contributed by atoms with Crippen LogP contribution < -0.4 is 16.0 Å². The predicted octanol–water partition coefficient (Wildman–Crippen LogP) is 1.05. The molecule has 0 N–H and O–H groups in total. The third-order valence-electron chi connectivity index (χ3n) is 3.19. The molecule has 0 radical (unpaired) electrons. The van der Waals surface area contributed by atoms with Crippen LogP contribution in [0.1, 0.15) is 13.8 Å². The van der Waals surface area contributed by atoms with E-state index in [4.69, 9.17) is 21.1 Å². The largest absolute Gasteiger partial charge is 0.477 e. The summed E-state index contributed by atoms with van der Waals surface area (Å²) < 4.78 is 25.9. The van der Waals surface area contributed by atoms with Gasteiger partial charge in [-0.25, -0.2) is 23.2 Å². The monoisotopic (exact) mass is 371 g/mol. The number of hydrogen-bond donors (Lipinski definition) is 0. The molecule has 8 nitrogen and oxygen atoms in total. The molecule has 0 amide bonds. The van der Waals surface area contributed by atoms with Gasteiger partial charge in [0.05, 0.1) is 17.3 Å². The topological polar surface area (TPSA) is 92.4 Å². The average molecular weight is 372 g/mol. The second-order valence-corrected chi connectivity index (χ2v) is 5.38. The van der Waals surface area contributed by atoms with E-state index >= 15 is 0 Å². The van der Waals surface area contributed by atoms with Gasteiger partial charge in [0.15, 0.2) is 6.10 Å². The van der Waals surface area contributed by atoms with Crippen LogP contribution >= 0.6 is 11.6 Å². The zero-order valence-electron chi connectivity index (χ0n) is 13.7. The number of carbonyl (C=O) groups is 1. The zero-order valence-corrected chi connectivity index (χ0v) is 14.4. The zero-order chi connectivity index (χ0) is 18.7. The average Bonchev–Trinajstić information content (AvgIpc) is 2.55. The number of aromatic nitrogens is 3. The van der Waals surface area contributed by atoms with Gasteiger partial charge in [-0.1, -0.05) is 11.6 Å². The molecule has 0 unspecified atom stereocenters. The lowest BCUT2D eigenvalue weighted by Crippen LogP contribution is -2.39. The highest BCUT2D eigenvalue weighted by atomic mass is 35.5. The molecule has 2 rings (SSSR count). The van der Waals surface area contributed by atoms with Gasteiger partial charge in [-0.15, -0.1) is 0 Å². The number of halogens is 2. The van der Waals surface area contributed by atoms with E-state index in [1.54, 1.807) is 6.92 Å². The Kier molecular flexibility index (Phi) is 5.58. The van der Waals surface area contributed by atoms with Crippen LogP contribution in [0.15, 0.2) is 27.9 Å². The minimum atomic E-state index is -1.02. The molecule has 25 heavy (non-hydrogen) atoms. The number of hydrogen-bond acceptors (Lipinski definition) is 6. The predicted molar refractivity (Wildman–Crippen MR) is 86.8 cm³/mol. The number of aryl methyl sites for hydroxylation is 1. The van der Waals surface area contributed by atoms with E-state index in [0.717, 1.165) is 23.0 Å². The van der Waals surface area contributed by atoms with E-state index in [1.807, 2.05) is 0 Å². The first-order valence-electron chi connectivity index (χ1n) is 7.24. The fourth-order valence-electron chi connectivity index (χ4n) is 1.98. The summed E-state index contributed by atoms with van der Waals surface area (Å²) in [5.41, 5.74) is -2.05. The first kappa shape index (κ1) is 18.7. The van der Waals surface area contributed by atoms with Crippen molar-refractivity contribution in [2.75, 3.05) is 6.61 Å². The lowest BCUT2D eigenvalue weighted by molar-refractivity contribution is -0.150. The Morgan fingerprint density at radius 3 is 2.72 bits per heavy atom. The van der Waals surface area contributed by atoms with Gasteiger partial charge in [0.1, 0.15) is 17.8 Å². The molecule has 1 heterocycles. The van der Waals surface area contributed by atoms with Crippen molar-refractivity contribution in [3.8, 4) is 11.4 Å². The van der Waals surface area contributed by atoms with E-state index in [0.29, 0.717) is 4.57 Å². The third kappa shape index (κ3) is 3.87. The summed E-state index contributed by atoms with van der Waals surface area (Å²) in [5.74, 6) is -1.63. The lowest BCUT2D eigenvalue weighted by Gasteiger charge is -2.16. The fourth-order valence-corrected chi connectivity index (χ4v) is 2.18. The Bertz CT molecular complexity index is 924. The van der Waals surface area contributed by atoms with E-state index in [-0.39, 0.29) is 23.1 Å². The Hall–Kier alpha value is -2.68. The van der Waals surface area contributed by atoms with Crippen molar-refractivity contribution in [3.05, 3.63) is 50.0 Å². The molecule has 0 spiro atoms. The molecule has 0 bridgehead atoms. The van der Waals surface area contributed by atoms with Crippen molar-refractivity contribution in [2.24, 2.45) is 7.05 Å². The quantitative estimate of drug-likeness (QED) is 0.729. The van der Waals surface area contributed by atoms with Crippen LogP contribution in [-0.2, 0) is 16.6 Å². The molecule has 0 fully saturated rings. The third-order valence-corrected chi connectivity index (χ3v) is 3.49. The Labute approximate surface area is 146 Å². The SMILES string of the molecule is CCOC(=O)[C@H](C)Oc1cc(-n2c(=O)cnn(C)c2=O)c(F)cc1Cl. The minimum absolute atomic E-state index is 0.0793. The normalized spacial score (nSPS) is 11.9. The van der Waals surface area contributed by atoms with Gasteiger partial charge in [0, 0.05) is 13.1 Å². The molecule has 10 heteroatoms. The molecule has 1 atom stereocenters. The van der Waals surface area contributed by atoms with Gasteiger partial charge in [-0.3, -0.25) is 4.79 Å². The number of esters is 1. The maximum Gasteiger partial charge on any atom is 0.351 e. The van der Waals surface area contributed by atoms with Crippen molar-refractivity contribution < 1.29 is 18.7 Å². The van der Waals surface area contributed by atoms with Crippen LogP contribution in [0.3, 0.4) is 0 Å². The summed E-state index contributed by atoms with van der Waals surface area (Å²) in [5, 5.41) is 3.43. The fraction of sp³-hybridized carbons (Fsp3) is 0.333. The maximum atomic E-state index is 14.3. The summed E-state index contributed by atoms with van der Waals surface area (Å²) in [6.45, 7) is 3.23. The van der Waals surface area contributed by atoms with Crippen LogP contribution in [0.5, 0.6) is 5.75 Å². The summed E-state index contributed by atoms with van der Waals surface area (Å²) in [6.07, 6.45) is -0.148. The summed E-state index contributed by atoms with van der Waals surface area (Å²) >= 11 is 5.93. The molecular weight excluding hydrogens is 357 g/mol. The van der Waals surface area contributed by atoms with Gasteiger partial charge in [-0.2, -0.15) is 5.10 Å². The number of nitrogens with zero attached hydrogens (tertiary/aromatic N) is 3. The highest BCUT2D eigenvalue weighted by Gasteiger charge is 2.20. The van der Waals surface area contributed by atoms with Crippen molar-refractivity contribution in [2.45, 2.75) is 20.0 Å². The molecule has 0 saturated heterocycles. The summed E-state index contributed by atoms with van der Waals surface area (Å²) in [7, 11) is 1.31. The van der Waals surface area contributed by atoms with Gasteiger partial charge in [-0.05, 0) is 19.9 Å². The Balaban J connectivity index is 2.53. The van der Waals surface area contributed by atoms with Crippen LogP contribution in [-0.4, -0.2) is 33.0 Å². The molecule has 0 aliphatic carbocycles. The van der Waals surface area contributed by atoms with Gasteiger partial charge >= 0.3 is 11.7 Å². The summed E-state index contributed by atoms with van der Waals surface area (Å²) in [4.78, 5) is 35.7. The van der Waals surface area contributed by atoms with Crippen molar-refractivity contribution >= 4 is 17.6 Å². The van der Waals surface area contributed by atoms with E-state index < -0.39 is 29.1 Å². The highest BCUT2D eigenvalue weighted by molar-refractivity contribution is 6.32. The molecule has 134 valence electrons. The number of benzene rings is 1. The Morgan fingerprint density at radius 1 is 1.40 bits per heavy atom. The second kappa shape index (κ2) is 7.47. The molecule has 1 aromatic carbocycles. The van der Waals surface area contributed by atoms with Crippen molar-refractivity contribution in [1.82, 2.24) is 14.3 Å². The van der Waals surface area contributed by atoms with E-state index in [9.17, 15) is 18.8 Å². The van der Waals surface area contributed by atoms with Crippen LogP contribution in [0, 0.1) is 5.82 Å². The first-order chi connectivity index (χ1) is 11.8. The van der Waals surface area contributed by atoms with Crippen molar-refractivity contribution in [1.29, 1.82) is 0 Å². The van der Waals surface area contributed by atoms with Crippen LogP contribution in [0.25, 0.3) is 5.69 Å². The lowest BCUT2D eigenvalue weighted by atomic mass is 10.2. The van der Waals surface area contributed by atoms with E-state index in [1.165, 1.54) is 14.0 Å². The number of ether oxygens (including phenoxy) is 2. The summed E-state index contributed by atoms with van der Waals surface area (Å²) in [6, 6.07) is 1.95. The first-order valence-corrected chi connectivity index (χ1v) is 7.62. The van der Waals surface area contributed by atoms with Gasteiger partial charge in [0.25, 0.3) is 5.56 Å². The van der Waals surface area contributed by atoms with Crippen molar-refractivity contribution in [3.63, 3.8) is 0 Å². The Morgan fingerprint density at radius 2 is 2.08 bits per heavy atom. The van der Waals surface area contributed by atoms with Gasteiger partial charge in [0.2, 0.25) is 0 Å². The maximum absolute atomic E-state index is 14.3. The molecule has 2 aromatic rings. The molecular formula is C15H15ClFN3O5. The van der Waals surface area contributed by atoms with Gasteiger partial charge < -0.3 is 9.47 Å².